The third kappa shape index (κ3) is 2.27. The van der Waals surface area contributed by atoms with E-state index in [1.54, 1.807) is 12.3 Å². The Bertz CT molecular complexity index is 809. The van der Waals surface area contributed by atoms with Crippen LogP contribution in [0.4, 0.5) is 4.39 Å². The summed E-state index contributed by atoms with van der Waals surface area (Å²) in [5, 5.41) is 0. The quantitative estimate of drug-likeness (QED) is 0.722. The summed E-state index contributed by atoms with van der Waals surface area (Å²) in [6, 6.07) is 10.3. The maximum Gasteiger partial charge on any atom is 0.164 e. The third-order valence-electron chi connectivity index (χ3n) is 3.98. The lowest BCUT2D eigenvalue weighted by atomic mass is 10.1. The van der Waals surface area contributed by atoms with Gasteiger partial charge in [-0.05, 0) is 49.6 Å². The van der Waals surface area contributed by atoms with E-state index in [1.165, 1.54) is 12.1 Å². The molecular formula is C17H16FN3O. The molecule has 1 saturated heterocycles. The molecule has 0 amide bonds. The average molecular weight is 297 g/mol. The van der Waals surface area contributed by atoms with Gasteiger partial charge < -0.3 is 4.74 Å². The first-order valence-corrected chi connectivity index (χ1v) is 7.54. The van der Waals surface area contributed by atoms with Crippen molar-refractivity contribution in [3.8, 4) is 5.69 Å². The SMILES string of the molecule is Fc1cccc(-n2c(C3CCCCO3)nc3cccnc32)c1. The van der Waals surface area contributed by atoms with Crippen molar-refractivity contribution in [3.63, 3.8) is 0 Å². The van der Waals surface area contributed by atoms with Crippen LogP contribution in [0.5, 0.6) is 0 Å². The van der Waals surface area contributed by atoms with Gasteiger partial charge in [0.05, 0.1) is 5.69 Å². The van der Waals surface area contributed by atoms with Gasteiger partial charge in [-0.15, -0.1) is 0 Å². The van der Waals surface area contributed by atoms with Crippen LogP contribution in [0.2, 0.25) is 0 Å². The highest BCUT2D eigenvalue weighted by Gasteiger charge is 2.24. The molecule has 3 aromatic rings. The van der Waals surface area contributed by atoms with Gasteiger partial charge in [0.1, 0.15) is 23.3 Å². The molecule has 1 fully saturated rings. The second-order valence-electron chi connectivity index (χ2n) is 5.49. The van der Waals surface area contributed by atoms with Crippen LogP contribution in [-0.2, 0) is 4.74 Å². The summed E-state index contributed by atoms with van der Waals surface area (Å²) in [6.45, 7) is 0.741. The van der Waals surface area contributed by atoms with Crippen LogP contribution in [0.1, 0.15) is 31.2 Å². The van der Waals surface area contributed by atoms with Gasteiger partial charge in [-0.3, -0.25) is 4.57 Å². The number of imidazole rings is 1. The molecule has 112 valence electrons. The van der Waals surface area contributed by atoms with Crippen molar-refractivity contribution in [2.75, 3.05) is 6.61 Å². The van der Waals surface area contributed by atoms with E-state index in [1.807, 2.05) is 22.8 Å². The van der Waals surface area contributed by atoms with Gasteiger partial charge in [-0.2, -0.15) is 0 Å². The summed E-state index contributed by atoms with van der Waals surface area (Å²) < 4.78 is 21.4. The molecule has 0 bridgehead atoms. The fourth-order valence-electron chi connectivity index (χ4n) is 2.96. The minimum atomic E-state index is -0.272. The molecule has 22 heavy (non-hydrogen) atoms. The molecule has 3 heterocycles. The van der Waals surface area contributed by atoms with Gasteiger partial charge in [0.2, 0.25) is 0 Å². The zero-order valence-corrected chi connectivity index (χ0v) is 12.1. The lowest BCUT2D eigenvalue weighted by Gasteiger charge is -2.23. The standard InChI is InChI=1S/C17H16FN3O/c18-12-5-3-6-13(11-12)21-16-14(7-4-9-19-16)20-17(21)15-8-1-2-10-22-15/h3-7,9,11,15H,1-2,8,10H2. The van der Waals surface area contributed by atoms with Crippen molar-refractivity contribution in [1.82, 2.24) is 14.5 Å². The van der Waals surface area contributed by atoms with Gasteiger partial charge in [-0.1, -0.05) is 6.07 Å². The van der Waals surface area contributed by atoms with Crippen LogP contribution in [-0.4, -0.2) is 21.1 Å². The highest BCUT2D eigenvalue weighted by Crippen LogP contribution is 2.31. The Labute approximate surface area is 127 Å². The van der Waals surface area contributed by atoms with E-state index in [0.29, 0.717) is 0 Å². The van der Waals surface area contributed by atoms with Crippen LogP contribution >= 0.6 is 0 Å². The molecule has 1 unspecified atom stereocenters. The van der Waals surface area contributed by atoms with Crippen LogP contribution in [0.25, 0.3) is 16.9 Å². The number of halogens is 1. The van der Waals surface area contributed by atoms with Crippen molar-refractivity contribution in [2.24, 2.45) is 0 Å². The average Bonchev–Trinajstić information content (AvgIpc) is 2.95. The van der Waals surface area contributed by atoms with Crippen molar-refractivity contribution in [3.05, 3.63) is 54.2 Å². The number of rotatable bonds is 2. The second kappa shape index (κ2) is 5.50. The molecule has 1 aromatic carbocycles. The largest absolute Gasteiger partial charge is 0.370 e. The van der Waals surface area contributed by atoms with Crippen LogP contribution < -0.4 is 0 Å². The molecule has 0 aliphatic carbocycles. The van der Waals surface area contributed by atoms with E-state index in [-0.39, 0.29) is 11.9 Å². The van der Waals surface area contributed by atoms with Gasteiger partial charge >= 0.3 is 0 Å². The molecule has 2 aromatic heterocycles. The summed E-state index contributed by atoms with van der Waals surface area (Å²) in [6.07, 6.45) is 4.79. The molecule has 1 aliphatic rings. The lowest BCUT2D eigenvalue weighted by molar-refractivity contribution is 0.00886. The fraction of sp³-hybridized carbons (Fsp3) is 0.294. The van der Waals surface area contributed by atoms with E-state index < -0.39 is 0 Å². The number of nitrogens with zero attached hydrogens (tertiary/aromatic N) is 3. The summed E-state index contributed by atoms with van der Waals surface area (Å²) in [7, 11) is 0. The Morgan fingerprint density at radius 1 is 1.18 bits per heavy atom. The fourth-order valence-corrected chi connectivity index (χ4v) is 2.96. The van der Waals surface area contributed by atoms with Gasteiger partial charge in [-0.25, -0.2) is 14.4 Å². The smallest absolute Gasteiger partial charge is 0.164 e. The number of pyridine rings is 1. The zero-order chi connectivity index (χ0) is 14.9. The molecule has 0 spiro atoms. The monoisotopic (exact) mass is 297 g/mol. The summed E-state index contributed by atoms with van der Waals surface area (Å²) >= 11 is 0. The summed E-state index contributed by atoms with van der Waals surface area (Å²) in [4.78, 5) is 9.12. The molecule has 5 heteroatoms. The van der Waals surface area contributed by atoms with Crippen molar-refractivity contribution < 1.29 is 9.13 Å². The van der Waals surface area contributed by atoms with Gasteiger partial charge in [0, 0.05) is 12.8 Å². The third-order valence-corrected chi connectivity index (χ3v) is 3.98. The molecule has 1 atom stereocenters. The van der Waals surface area contributed by atoms with E-state index in [9.17, 15) is 4.39 Å². The molecule has 4 rings (SSSR count). The van der Waals surface area contributed by atoms with E-state index >= 15 is 0 Å². The molecule has 1 aliphatic heterocycles. The van der Waals surface area contributed by atoms with Crippen LogP contribution in [0, 0.1) is 5.82 Å². The Balaban J connectivity index is 1.93. The number of aromatic nitrogens is 3. The first-order chi connectivity index (χ1) is 10.8. The zero-order valence-electron chi connectivity index (χ0n) is 12.1. The van der Waals surface area contributed by atoms with Gasteiger partial charge in [0.25, 0.3) is 0 Å². The van der Waals surface area contributed by atoms with Crippen molar-refractivity contribution >= 4 is 11.2 Å². The highest BCUT2D eigenvalue weighted by atomic mass is 19.1. The van der Waals surface area contributed by atoms with Crippen LogP contribution in [0.15, 0.2) is 42.6 Å². The maximum absolute atomic E-state index is 13.6. The highest BCUT2D eigenvalue weighted by molar-refractivity contribution is 5.74. The van der Waals surface area contributed by atoms with Crippen LogP contribution in [0.3, 0.4) is 0 Å². The lowest BCUT2D eigenvalue weighted by Crippen LogP contribution is -2.16. The number of hydrogen-bond acceptors (Lipinski definition) is 3. The number of fused-ring (bicyclic) bond motifs is 1. The predicted molar refractivity (Wildman–Crippen MR) is 81.4 cm³/mol. The maximum atomic E-state index is 13.6. The van der Waals surface area contributed by atoms with E-state index in [4.69, 9.17) is 9.72 Å². The molecule has 4 nitrogen and oxygen atoms in total. The molecule has 0 radical (unpaired) electrons. The van der Waals surface area contributed by atoms with E-state index in [2.05, 4.69) is 4.98 Å². The normalized spacial score (nSPS) is 18.7. The van der Waals surface area contributed by atoms with Crippen molar-refractivity contribution in [2.45, 2.75) is 25.4 Å². The number of ether oxygens (including phenoxy) is 1. The Kier molecular flexibility index (Phi) is 3.35. The Morgan fingerprint density at radius 3 is 2.95 bits per heavy atom. The minimum Gasteiger partial charge on any atom is -0.370 e. The first kappa shape index (κ1) is 13.4. The Morgan fingerprint density at radius 2 is 2.14 bits per heavy atom. The first-order valence-electron chi connectivity index (χ1n) is 7.54. The Hall–Kier alpha value is -2.27. The molecular weight excluding hydrogens is 281 g/mol. The molecule has 0 saturated carbocycles. The second-order valence-corrected chi connectivity index (χ2v) is 5.49. The summed E-state index contributed by atoms with van der Waals surface area (Å²) in [5.41, 5.74) is 2.26. The van der Waals surface area contributed by atoms with Crippen molar-refractivity contribution in [1.29, 1.82) is 0 Å². The summed E-state index contributed by atoms with van der Waals surface area (Å²) in [5.74, 6) is 0.532. The van der Waals surface area contributed by atoms with Gasteiger partial charge in [0.15, 0.2) is 5.65 Å². The topological polar surface area (TPSA) is 39.9 Å². The predicted octanol–water partition coefficient (Wildman–Crippen LogP) is 3.80. The van der Waals surface area contributed by atoms with E-state index in [0.717, 1.165) is 48.5 Å². The number of benzene rings is 1. The molecule has 0 N–H and O–H groups in total. The number of hydrogen-bond donors (Lipinski definition) is 0. The minimum absolute atomic E-state index is 0.0637.